The molecule has 2 aromatic rings. The normalized spacial score (nSPS) is 12.4. The number of nitrogens with zero attached hydrogens (tertiary/aromatic N) is 3. The van der Waals surface area contributed by atoms with Crippen LogP contribution in [0.5, 0.6) is 0 Å². The summed E-state index contributed by atoms with van der Waals surface area (Å²) >= 11 is 3.60. The lowest BCUT2D eigenvalue weighted by molar-refractivity contribution is 0.561. The molecule has 4 nitrogen and oxygen atoms in total. The number of aromatic nitrogens is 2. The van der Waals surface area contributed by atoms with Gasteiger partial charge in [0.15, 0.2) is 0 Å². The highest BCUT2D eigenvalue weighted by Gasteiger charge is 2.19. The van der Waals surface area contributed by atoms with E-state index in [1.54, 1.807) is 0 Å². The van der Waals surface area contributed by atoms with Gasteiger partial charge >= 0.3 is 0 Å². The zero-order valence-corrected chi connectivity index (χ0v) is 14.0. The molecule has 20 heavy (non-hydrogen) atoms. The zero-order chi connectivity index (χ0) is 14.7. The van der Waals surface area contributed by atoms with Crippen molar-refractivity contribution >= 4 is 21.6 Å². The number of hydrogen-bond donors (Lipinski definition) is 1. The smallest absolute Gasteiger partial charge is 0.0757 e. The van der Waals surface area contributed by atoms with E-state index in [-0.39, 0.29) is 6.04 Å². The van der Waals surface area contributed by atoms with Crippen LogP contribution in [-0.4, -0.2) is 30.9 Å². The van der Waals surface area contributed by atoms with E-state index in [1.807, 2.05) is 32.0 Å². The molecule has 0 aliphatic carbocycles. The maximum absolute atomic E-state index is 4.40. The van der Waals surface area contributed by atoms with Gasteiger partial charge in [0.1, 0.15) is 0 Å². The van der Waals surface area contributed by atoms with E-state index in [0.29, 0.717) is 0 Å². The fraction of sp³-hybridized carbons (Fsp3) is 0.400. The number of hydrogen-bond acceptors (Lipinski definition) is 3. The van der Waals surface area contributed by atoms with Crippen molar-refractivity contribution in [3.8, 4) is 0 Å². The minimum atomic E-state index is 0.128. The Morgan fingerprint density at radius 2 is 1.95 bits per heavy atom. The lowest BCUT2D eigenvalue weighted by atomic mass is 10.0. The Hall–Kier alpha value is -1.33. The molecule has 1 atom stereocenters. The summed E-state index contributed by atoms with van der Waals surface area (Å²) in [6.45, 7) is 2.96. The third-order valence-electron chi connectivity index (χ3n) is 3.44. The second-order valence-corrected chi connectivity index (χ2v) is 5.76. The van der Waals surface area contributed by atoms with Gasteiger partial charge in [0.25, 0.3) is 0 Å². The van der Waals surface area contributed by atoms with Gasteiger partial charge in [-0.2, -0.15) is 5.10 Å². The van der Waals surface area contributed by atoms with Crippen LogP contribution in [0.15, 0.2) is 34.9 Å². The molecule has 0 bridgehead atoms. The van der Waals surface area contributed by atoms with Crippen LogP contribution in [0, 0.1) is 0 Å². The van der Waals surface area contributed by atoms with Crippen LogP contribution in [0.1, 0.15) is 24.2 Å². The first-order chi connectivity index (χ1) is 9.58. The van der Waals surface area contributed by atoms with Gasteiger partial charge in [-0.15, -0.1) is 0 Å². The Morgan fingerprint density at radius 1 is 1.30 bits per heavy atom. The van der Waals surface area contributed by atoms with E-state index in [0.717, 1.165) is 16.7 Å². The van der Waals surface area contributed by atoms with Crippen molar-refractivity contribution in [1.29, 1.82) is 0 Å². The summed E-state index contributed by atoms with van der Waals surface area (Å²) in [6, 6.07) is 8.73. The molecule has 0 spiro atoms. The Bertz CT molecular complexity index is 560. The number of rotatable bonds is 5. The number of anilines is 1. The fourth-order valence-electron chi connectivity index (χ4n) is 2.34. The maximum Gasteiger partial charge on any atom is 0.0757 e. The Labute approximate surface area is 128 Å². The molecule has 0 aliphatic rings. The first kappa shape index (κ1) is 15.1. The predicted octanol–water partition coefficient (Wildman–Crippen LogP) is 3.04. The monoisotopic (exact) mass is 336 g/mol. The number of nitrogens with one attached hydrogen (secondary N) is 1. The summed E-state index contributed by atoms with van der Waals surface area (Å²) < 4.78 is 3.06. The highest BCUT2D eigenvalue weighted by Crippen LogP contribution is 2.29. The Morgan fingerprint density at radius 3 is 2.45 bits per heavy atom. The van der Waals surface area contributed by atoms with Crippen molar-refractivity contribution < 1.29 is 0 Å². The third kappa shape index (κ3) is 2.88. The second kappa shape index (κ2) is 6.41. The number of benzene rings is 1. The molecular formula is C15H21BrN4. The molecule has 108 valence electrons. The average molecular weight is 337 g/mol. The van der Waals surface area contributed by atoms with Gasteiger partial charge in [0.2, 0.25) is 0 Å². The van der Waals surface area contributed by atoms with E-state index in [9.17, 15) is 0 Å². The van der Waals surface area contributed by atoms with Crippen molar-refractivity contribution in [3.05, 3.63) is 46.2 Å². The van der Waals surface area contributed by atoms with Gasteiger partial charge in [-0.1, -0.05) is 12.1 Å². The summed E-state index contributed by atoms with van der Waals surface area (Å²) in [5.41, 5.74) is 3.59. The first-order valence-electron chi connectivity index (χ1n) is 6.74. The lowest BCUT2D eigenvalue weighted by Crippen LogP contribution is -2.22. The molecule has 2 rings (SSSR count). The van der Waals surface area contributed by atoms with E-state index in [1.165, 1.54) is 11.3 Å². The second-order valence-electron chi connectivity index (χ2n) is 4.90. The van der Waals surface area contributed by atoms with Crippen LogP contribution < -0.4 is 10.2 Å². The van der Waals surface area contributed by atoms with Crippen LogP contribution in [0.4, 0.5) is 5.69 Å². The minimum Gasteiger partial charge on any atom is -0.378 e. The van der Waals surface area contributed by atoms with E-state index < -0.39 is 0 Å². The fourth-order valence-corrected chi connectivity index (χ4v) is 2.86. The molecule has 0 amide bonds. The lowest BCUT2D eigenvalue weighted by Gasteiger charge is -2.20. The third-order valence-corrected chi connectivity index (χ3v) is 4.05. The standard InChI is InChI=1S/C15H21BrN4/c1-5-20-15(13(16)10-18-20)14(17-2)11-6-8-12(9-7-11)19(3)4/h6-10,14,17H,5H2,1-4H3. The molecule has 1 aromatic heterocycles. The van der Waals surface area contributed by atoms with Crippen molar-refractivity contribution in [1.82, 2.24) is 15.1 Å². The van der Waals surface area contributed by atoms with Crippen LogP contribution >= 0.6 is 15.9 Å². The molecule has 1 N–H and O–H groups in total. The quantitative estimate of drug-likeness (QED) is 0.910. The molecule has 0 saturated carbocycles. The molecule has 1 aromatic carbocycles. The van der Waals surface area contributed by atoms with Gasteiger partial charge in [0, 0.05) is 26.3 Å². The van der Waals surface area contributed by atoms with Crippen LogP contribution in [0.2, 0.25) is 0 Å². The Kier molecular flexibility index (Phi) is 4.83. The highest BCUT2D eigenvalue weighted by atomic mass is 79.9. The molecule has 0 radical (unpaired) electrons. The van der Waals surface area contributed by atoms with Crippen molar-refractivity contribution in [2.24, 2.45) is 0 Å². The molecule has 0 fully saturated rings. The Balaban J connectivity index is 2.39. The topological polar surface area (TPSA) is 33.1 Å². The first-order valence-corrected chi connectivity index (χ1v) is 7.53. The van der Waals surface area contributed by atoms with Gasteiger partial charge in [-0.3, -0.25) is 4.68 Å². The van der Waals surface area contributed by atoms with Gasteiger partial charge in [-0.25, -0.2) is 0 Å². The van der Waals surface area contributed by atoms with Gasteiger partial charge < -0.3 is 10.2 Å². The SMILES string of the molecule is CCn1ncc(Br)c1C(NC)c1ccc(N(C)C)cc1. The maximum atomic E-state index is 4.40. The zero-order valence-electron chi connectivity index (χ0n) is 12.4. The van der Waals surface area contributed by atoms with E-state index >= 15 is 0 Å². The largest absolute Gasteiger partial charge is 0.378 e. The van der Waals surface area contributed by atoms with Crippen LogP contribution in [0.3, 0.4) is 0 Å². The summed E-state index contributed by atoms with van der Waals surface area (Å²) in [5, 5.41) is 7.78. The number of aryl methyl sites for hydroxylation is 1. The molecular weight excluding hydrogens is 316 g/mol. The molecule has 1 unspecified atom stereocenters. The van der Waals surface area contributed by atoms with Crippen LogP contribution in [0.25, 0.3) is 0 Å². The summed E-state index contributed by atoms with van der Waals surface area (Å²) in [7, 11) is 6.07. The van der Waals surface area contributed by atoms with Crippen molar-refractivity contribution in [2.45, 2.75) is 19.5 Å². The predicted molar refractivity (Wildman–Crippen MR) is 87.3 cm³/mol. The van der Waals surface area contributed by atoms with Crippen LogP contribution in [-0.2, 0) is 6.54 Å². The summed E-state index contributed by atoms with van der Waals surface area (Å²) in [5.74, 6) is 0. The molecule has 1 heterocycles. The highest BCUT2D eigenvalue weighted by molar-refractivity contribution is 9.10. The minimum absolute atomic E-state index is 0.128. The van der Waals surface area contributed by atoms with Crippen molar-refractivity contribution in [2.75, 3.05) is 26.0 Å². The number of halogens is 1. The summed E-state index contributed by atoms with van der Waals surface area (Å²) in [6.07, 6.45) is 1.86. The molecule has 0 saturated heterocycles. The summed E-state index contributed by atoms with van der Waals surface area (Å²) in [4.78, 5) is 2.10. The van der Waals surface area contributed by atoms with Crippen molar-refractivity contribution in [3.63, 3.8) is 0 Å². The van der Waals surface area contributed by atoms with Gasteiger partial charge in [-0.05, 0) is 47.6 Å². The average Bonchev–Trinajstić information content (AvgIpc) is 2.82. The molecule has 5 heteroatoms. The van der Waals surface area contributed by atoms with E-state index in [2.05, 4.69) is 62.4 Å². The van der Waals surface area contributed by atoms with Gasteiger partial charge in [0.05, 0.1) is 22.4 Å². The molecule has 0 aliphatic heterocycles. The van der Waals surface area contributed by atoms with E-state index in [4.69, 9.17) is 0 Å².